The van der Waals surface area contributed by atoms with Crippen molar-refractivity contribution in [2.75, 3.05) is 23.7 Å². The van der Waals surface area contributed by atoms with E-state index >= 15 is 0 Å². The van der Waals surface area contributed by atoms with Crippen LogP contribution in [0.1, 0.15) is 42.0 Å². The summed E-state index contributed by atoms with van der Waals surface area (Å²) in [6.07, 6.45) is 3.68. The molecular formula is C24H33N3O3S. The van der Waals surface area contributed by atoms with Gasteiger partial charge in [0, 0.05) is 13.1 Å². The first-order chi connectivity index (χ1) is 14.6. The van der Waals surface area contributed by atoms with Gasteiger partial charge in [-0.1, -0.05) is 36.4 Å². The van der Waals surface area contributed by atoms with E-state index in [1.165, 1.54) is 22.7 Å². The molecule has 2 aromatic carbocycles. The molecule has 3 rings (SSSR count). The Bertz CT molecular complexity index is 1010. The van der Waals surface area contributed by atoms with Gasteiger partial charge in [0.1, 0.15) is 6.04 Å². The van der Waals surface area contributed by atoms with Crippen LogP contribution in [-0.2, 0) is 27.9 Å². The van der Waals surface area contributed by atoms with Crippen LogP contribution in [0.4, 0.5) is 5.69 Å². The third-order valence-corrected chi connectivity index (χ3v) is 7.01. The van der Waals surface area contributed by atoms with Gasteiger partial charge in [0.05, 0.1) is 11.9 Å². The van der Waals surface area contributed by atoms with Crippen molar-refractivity contribution in [1.82, 2.24) is 10.2 Å². The maximum atomic E-state index is 12.8. The van der Waals surface area contributed by atoms with Gasteiger partial charge >= 0.3 is 0 Å². The quantitative estimate of drug-likeness (QED) is 0.679. The van der Waals surface area contributed by atoms with Gasteiger partial charge in [-0.05, 0) is 75.0 Å². The van der Waals surface area contributed by atoms with Crippen molar-refractivity contribution < 1.29 is 13.2 Å². The van der Waals surface area contributed by atoms with Crippen LogP contribution in [0.15, 0.2) is 42.5 Å². The minimum atomic E-state index is -3.63. The highest BCUT2D eigenvalue weighted by Crippen LogP contribution is 2.26. The van der Waals surface area contributed by atoms with Crippen molar-refractivity contribution in [3.05, 3.63) is 64.7 Å². The van der Waals surface area contributed by atoms with Crippen LogP contribution in [-0.4, -0.2) is 44.6 Å². The van der Waals surface area contributed by atoms with Gasteiger partial charge in [-0.25, -0.2) is 8.42 Å². The summed E-state index contributed by atoms with van der Waals surface area (Å²) in [5.74, 6) is -0.326. The van der Waals surface area contributed by atoms with E-state index in [0.29, 0.717) is 12.2 Å². The Kier molecular flexibility index (Phi) is 7.38. The average molecular weight is 444 g/mol. The Labute approximate surface area is 186 Å². The highest BCUT2D eigenvalue weighted by Gasteiger charge is 2.30. The Hall–Kier alpha value is -2.38. The molecule has 0 aliphatic carbocycles. The molecular weight excluding hydrogens is 410 g/mol. The topological polar surface area (TPSA) is 69.7 Å². The molecule has 1 aliphatic heterocycles. The smallest absolute Gasteiger partial charge is 0.243 e. The second-order valence-electron chi connectivity index (χ2n) is 8.54. The van der Waals surface area contributed by atoms with Crippen LogP contribution in [0.3, 0.4) is 0 Å². The second-order valence-corrected chi connectivity index (χ2v) is 10.4. The molecule has 1 saturated heterocycles. The van der Waals surface area contributed by atoms with Crippen molar-refractivity contribution in [1.29, 1.82) is 0 Å². The normalized spacial score (nSPS) is 15.6. The van der Waals surface area contributed by atoms with E-state index in [9.17, 15) is 13.2 Å². The molecule has 1 N–H and O–H groups in total. The first-order valence-corrected chi connectivity index (χ1v) is 12.6. The molecule has 2 aromatic rings. The lowest BCUT2D eigenvalue weighted by Crippen LogP contribution is -2.48. The van der Waals surface area contributed by atoms with E-state index in [1.54, 1.807) is 13.0 Å². The van der Waals surface area contributed by atoms with E-state index in [2.05, 4.69) is 22.3 Å². The molecule has 1 fully saturated rings. The van der Waals surface area contributed by atoms with Crippen molar-refractivity contribution in [3.8, 4) is 0 Å². The van der Waals surface area contributed by atoms with Crippen LogP contribution < -0.4 is 9.62 Å². The molecule has 7 heteroatoms. The fourth-order valence-corrected chi connectivity index (χ4v) is 5.26. The number of nitrogens with zero attached hydrogens (tertiary/aromatic N) is 2. The minimum absolute atomic E-state index is 0.326. The number of anilines is 1. The van der Waals surface area contributed by atoms with Gasteiger partial charge < -0.3 is 5.32 Å². The van der Waals surface area contributed by atoms with Crippen LogP contribution >= 0.6 is 0 Å². The maximum Gasteiger partial charge on any atom is 0.243 e. The third-order valence-electron chi connectivity index (χ3n) is 5.79. The lowest BCUT2D eigenvalue weighted by Gasteiger charge is -2.29. The zero-order valence-electron chi connectivity index (χ0n) is 18.9. The number of rotatable bonds is 8. The largest absolute Gasteiger partial charge is 0.350 e. The number of aryl methyl sites for hydroxylation is 2. The van der Waals surface area contributed by atoms with Crippen molar-refractivity contribution in [2.24, 2.45) is 0 Å². The van der Waals surface area contributed by atoms with Gasteiger partial charge in [-0.15, -0.1) is 0 Å². The molecule has 0 bridgehead atoms. The van der Waals surface area contributed by atoms with Gasteiger partial charge in [-0.3, -0.25) is 14.0 Å². The van der Waals surface area contributed by atoms with Crippen molar-refractivity contribution in [2.45, 2.75) is 52.7 Å². The third kappa shape index (κ3) is 6.08. The number of hydrogen-bond donors (Lipinski definition) is 1. The fraction of sp³-hybridized carbons (Fsp3) is 0.458. The Morgan fingerprint density at radius 3 is 2.29 bits per heavy atom. The molecule has 1 heterocycles. The van der Waals surface area contributed by atoms with Crippen molar-refractivity contribution in [3.63, 3.8) is 0 Å². The summed E-state index contributed by atoms with van der Waals surface area (Å²) in [6, 6.07) is 13.0. The molecule has 0 saturated carbocycles. The molecule has 0 radical (unpaired) electrons. The van der Waals surface area contributed by atoms with Crippen LogP contribution in [0.5, 0.6) is 0 Å². The van der Waals surface area contributed by atoms with Gasteiger partial charge in [0.25, 0.3) is 0 Å². The monoisotopic (exact) mass is 443 g/mol. The van der Waals surface area contributed by atoms with Crippen LogP contribution in [0.2, 0.25) is 0 Å². The molecule has 0 aromatic heterocycles. The summed E-state index contributed by atoms with van der Waals surface area (Å²) in [5.41, 5.74) is 4.54. The predicted octanol–water partition coefficient (Wildman–Crippen LogP) is 3.37. The number of benzene rings is 2. The zero-order chi connectivity index (χ0) is 22.6. The van der Waals surface area contributed by atoms with E-state index in [0.717, 1.165) is 42.6 Å². The van der Waals surface area contributed by atoms with Gasteiger partial charge in [-0.2, -0.15) is 0 Å². The van der Waals surface area contributed by atoms with E-state index in [4.69, 9.17) is 0 Å². The first kappa shape index (κ1) is 23.3. The highest BCUT2D eigenvalue weighted by atomic mass is 32.2. The molecule has 0 unspecified atom stereocenters. The summed E-state index contributed by atoms with van der Waals surface area (Å²) in [5, 5.41) is 2.89. The zero-order valence-corrected chi connectivity index (χ0v) is 19.7. The summed E-state index contributed by atoms with van der Waals surface area (Å²) >= 11 is 0. The summed E-state index contributed by atoms with van der Waals surface area (Å²) < 4.78 is 26.3. The first-order valence-electron chi connectivity index (χ1n) is 10.8. The van der Waals surface area contributed by atoms with E-state index in [-0.39, 0.29) is 5.91 Å². The highest BCUT2D eigenvalue weighted by molar-refractivity contribution is 7.92. The average Bonchev–Trinajstić information content (AvgIpc) is 3.22. The molecule has 1 amide bonds. The number of amides is 1. The van der Waals surface area contributed by atoms with Gasteiger partial charge in [0.2, 0.25) is 15.9 Å². The SMILES string of the molecule is Cc1ccc(C)c(N([C@H](C)C(=O)NCc2ccc(CN3CCCC3)cc2)S(C)(=O)=O)c1. The molecule has 168 valence electrons. The summed E-state index contributed by atoms with van der Waals surface area (Å²) in [6.45, 7) is 9.01. The maximum absolute atomic E-state index is 12.8. The summed E-state index contributed by atoms with van der Waals surface area (Å²) in [4.78, 5) is 15.3. The van der Waals surface area contributed by atoms with Crippen LogP contribution in [0.25, 0.3) is 0 Å². The standard InChI is InChI=1S/C24H33N3O3S/c1-18-7-8-19(2)23(15-18)27(31(4,29)30)20(3)24(28)25-16-21-9-11-22(12-10-21)17-26-13-5-6-14-26/h7-12,15,20H,5-6,13-14,16-17H2,1-4H3,(H,25,28)/t20-/m1/s1. The molecule has 1 aliphatic rings. The van der Waals surface area contributed by atoms with E-state index in [1.807, 2.05) is 38.1 Å². The predicted molar refractivity (Wildman–Crippen MR) is 126 cm³/mol. The number of carbonyl (C=O) groups is 1. The number of nitrogens with one attached hydrogen (secondary N) is 1. The fourth-order valence-electron chi connectivity index (χ4n) is 4.04. The Morgan fingerprint density at radius 1 is 1.06 bits per heavy atom. The number of carbonyl (C=O) groups excluding carboxylic acids is 1. The van der Waals surface area contributed by atoms with Gasteiger partial charge in [0.15, 0.2) is 0 Å². The summed E-state index contributed by atoms with van der Waals surface area (Å²) in [7, 11) is -3.63. The molecule has 1 atom stereocenters. The second kappa shape index (κ2) is 9.83. The van der Waals surface area contributed by atoms with Crippen molar-refractivity contribution >= 4 is 21.6 Å². The molecule has 0 spiro atoms. The Morgan fingerprint density at radius 2 is 1.68 bits per heavy atom. The number of likely N-dealkylation sites (tertiary alicyclic amines) is 1. The molecule has 31 heavy (non-hydrogen) atoms. The van der Waals surface area contributed by atoms with E-state index < -0.39 is 16.1 Å². The minimum Gasteiger partial charge on any atom is -0.350 e. The number of sulfonamides is 1. The molecule has 6 nitrogen and oxygen atoms in total. The lowest BCUT2D eigenvalue weighted by atomic mass is 10.1. The number of hydrogen-bond acceptors (Lipinski definition) is 4. The van der Waals surface area contributed by atoms with Crippen LogP contribution in [0, 0.1) is 13.8 Å². The Balaban J connectivity index is 1.66. The lowest BCUT2D eigenvalue weighted by molar-refractivity contribution is -0.122.